The SMILES string of the molecule is Cc1ccccc1N(C(=O)C(Cl)(Cl)Cl)C1C=CS(=O)(=O)C1. The van der Waals surface area contributed by atoms with Crippen LogP contribution in [0.3, 0.4) is 0 Å². The maximum absolute atomic E-state index is 12.4. The van der Waals surface area contributed by atoms with E-state index in [4.69, 9.17) is 34.8 Å². The molecule has 0 bridgehead atoms. The van der Waals surface area contributed by atoms with Gasteiger partial charge in [-0.3, -0.25) is 4.79 Å². The van der Waals surface area contributed by atoms with Crippen molar-refractivity contribution in [3.05, 3.63) is 41.3 Å². The average Bonchev–Trinajstić information content (AvgIpc) is 2.71. The molecule has 0 N–H and O–H groups in total. The monoisotopic (exact) mass is 367 g/mol. The van der Waals surface area contributed by atoms with Gasteiger partial charge < -0.3 is 4.90 Å². The summed E-state index contributed by atoms with van der Waals surface area (Å²) in [5.74, 6) is -1.01. The maximum Gasteiger partial charge on any atom is 0.279 e. The number of nitrogens with zero attached hydrogens (tertiary/aromatic N) is 1. The number of carbonyl (C=O) groups excluding carboxylic acids is 1. The van der Waals surface area contributed by atoms with Gasteiger partial charge in [0.15, 0.2) is 9.84 Å². The van der Waals surface area contributed by atoms with E-state index in [1.807, 2.05) is 0 Å². The number of para-hydroxylation sites is 1. The van der Waals surface area contributed by atoms with Crippen molar-refractivity contribution in [3.63, 3.8) is 0 Å². The van der Waals surface area contributed by atoms with E-state index < -0.39 is 25.6 Å². The van der Waals surface area contributed by atoms with Crippen molar-refractivity contribution in [1.29, 1.82) is 0 Å². The van der Waals surface area contributed by atoms with Crippen LogP contribution in [0.25, 0.3) is 0 Å². The number of anilines is 1. The highest BCUT2D eigenvalue weighted by molar-refractivity contribution is 7.94. The van der Waals surface area contributed by atoms with Crippen molar-refractivity contribution in [1.82, 2.24) is 0 Å². The molecular formula is C13H12Cl3NO3S. The zero-order chi connectivity index (χ0) is 15.8. The zero-order valence-electron chi connectivity index (χ0n) is 11.0. The van der Waals surface area contributed by atoms with Gasteiger partial charge in [0.25, 0.3) is 9.70 Å². The van der Waals surface area contributed by atoms with E-state index in [1.54, 1.807) is 31.2 Å². The smallest absolute Gasteiger partial charge is 0.279 e. The van der Waals surface area contributed by atoms with Gasteiger partial charge in [-0.25, -0.2) is 8.42 Å². The summed E-state index contributed by atoms with van der Waals surface area (Å²) < 4.78 is 21.1. The lowest BCUT2D eigenvalue weighted by atomic mass is 10.1. The molecule has 21 heavy (non-hydrogen) atoms. The highest BCUT2D eigenvalue weighted by Gasteiger charge is 2.41. The molecule has 0 aromatic heterocycles. The Hall–Kier alpha value is -0.750. The molecular weight excluding hydrogens is 357 g/mol. The molecule has 8 heteroatoms. The Bertz CT molecular complexity index is 695. The summed E-state index contributed by atoms with van der Waals surface area (Å²) in [4.78, 5) is 13.6. The Balaban J connectivity index is 2.49. The van der Waals surface area contributed by atoms with E-state index in [2.05, 4.69) is 0 Å². The molecule has 0 fully saturated rings. The quantitative estimate of drug-likeness (QED) is 0.754. The third-order valence-electron chi connectivity index (χ3n) is 3.08. The van der Waals surface area contributed by atoms with Crippen LogP contribution in [0.2, 0.25) is 0 Å². The molecule has 1 aliphatic rings. The average molecular weight is 369 g/mol. The molecule has 1 atom stereocenters. The molecule has 1 heterocycles. The summed E-state index contributed by atoms with van der Waals surface area (Å²) in [6.07, 6.45) is 1.43. The Morgan fingerprint density at radius 2 is 1.90 bits per heavy atom. The summed E-state index contributed by atoms with van der Waals surface area (Å²) in [5, 5.41) is 1.08. The van der Waals surface area contributed by atoms with Gasteiger partial charge in [0.1, 0.15) is 0 Å². The van der Waals surface area contributed by atoms with Crippen LogP contribution in [0, 0.1) is 6.92 Å². The molecule has 114 valence electrons. The first kappa shape index (κ1) is 16.6. The molecule has 1 amide bonds. The normalized spacial score (nSPS) is 20.5. The van der Waals surface area contributed by atoms with Gasteiger partial charge in [-0.15, -0.1) is 0 Å². The Kier molecular flexibility index (Phi) is 4.59. The van der Waals surface area contributed by atoms with E-state index >= 15 is 0 Å². The van der Waals surface area contributed by atoms with Crippen LogP contribution < -0.4 is 4.90 Å². The number of aryl methyl sites for hydroxylation is 1. The topological polar surface area (TPSA) is 54.5 Å². The number of hydrogen-bond donors (Lipinski definition) is 0. The Morgan fingerprint density at radius 3 is 2.38 bits per heavy atom. The van der Waals surface area contributed by atoms with Gasteiger partial charge in [-0.2, -0.15) is 0 Å². The molecule has 0 radical (unpaired) electrons. The fraction of sp³-hybridized carbons (Fsp3) is 0.308. The molecule has 1 aromatic carbocycles. The van der Waals surface area contributed by atoms with Crippen molar-refractivity contribution >= 4 is 56.2 Å². The largest absolute Gasteiger partial charge is 0.300 e. The van der Waals surface area contributed by atoms with Crippen molar-refractivity contribution in [2.24, 2.45) is 0 Å². The predicted octanol–water partition coefficient (Wildman–Crippen LogP) is 3.01. The number of sulfone groups is 1. The van der Waals surface area contributed by atoms with Crippen LogP contribution in [-0.4, -0.2) is 29.9 Å². The number of alkyl halides is 3. The van der Waals surface area contributed by atoms with Crippen LogP contribution in [0.4, 0.5) is 5.69 Å². The first-order valence-corrected chi connectivity index (χ1v) is 8.84. The minimum absolute atomic E-state index is 0.228. The molecule has 1 aromatic rings. The third kappa shape index (κ3) is 3.72. The highest BCUT2D eigenvalue weighted by Crippen LogP contribution is 2.34. The van der Waals surface area contributed by atoms with E-state index in [0.717, 1.165) is 11.0 Å². The number of rotatable bonds is 2. The summed E-state index contributed by atoms with van der Waals surface area (Å²) in [6, 6.07) is 6.31. The molecule has 4 nitrogen and oxygen atoms in total. The lowest BCUT2D eigenvalue weighted by molar-refractivity contribution is -0.118. The highest BCUT2D eigenvalue weighted by atomic mass is 35.6. The molecule has 1 aliphatic heterocycles. The number of benzene rings is 1. The van der Waals surface area contributed by atoms with Gasteiger partial charge in [0.2, 0.25) is 0 Å². The summed E-state index contributed by atoms with van der Waals surface area (Å²) in [7, 11) is -3.34. The number of amides is 1. The molecule has 0 saturated heterocycles. The number of hydrogen-bond acceptors (Lipinski definition) is 3. The summed E-state index contributed by atoms with van der Waals surface area (Å²) in [5.41, 5.74) is 1.29. The van der Waals surface area contributed by atoms with E-state index in [1.165, 1.54) is 11.0 Å². The second kappa shape index (κ2) is 5.80. The van der Waals surface area contributed by atoms with Gasteiger partial charge in [-0.05, 0) is 24.6 Å². The number of carbonyl (C=O) groups is 1. The fourth-order valence-electron chi connectivity index (χ4n) is 2.13. The lowest BCUT2D eigenvalue weighted by Crippen LogP contribution is -2.47. The van der Waals surface area contributed by atoms with E-state index in [9.17, 15) is 13.2 Å². The first-order valence-electron chi connectivity index (χ1n) is 5.99. The fourth-order valence-corrected chi connectivity index (χ4v) is 3.67. The second-order valence-corrected chi connectivity index (χ2v) is 8.90. The predicted molar refractivity (Wildman–Crippen MR) is 85.7 cm³/mol. The van der Waals surface area contributed by atoms with E-state index in [0.29, 0.717) is 5.69 Å². The van der Waals surface area contributed by atoms with Crippen LogP contribution in [0.15, 0.2) is 35.7 Å². The van der Waals surface area contributed by atoms with Crippen LogP contribution >= 0.6 is 34.8 Å². The lowest BCUT2D eigenvalue weighted by Gasteiger charge is -2.31. The zero-order valence-corrected chi connectivity index (χ0v) is 14.0. The Morgan fingerprint density at radius 1 is 1.29 bits per heavy atom. The first-order chi connectivity index (χ1) is 9.62. The van der Waals surface area contributed by atoms with Crippen molar-refractivity contribution in [2.45, 2.75) is 16.8 Å². The van der Waals surface area contributed by atoms with Crippen molar-refractivity contribution in [3.8, 4) is 0 Å². The maximum atomic E-state index is 12.4. The molecule has 2 rings (SSSR count). The molecule has 0 spiro atoms. The summed E-state index contributed by atoms with van der Waals surface area (Å²) in [6.45, 7) is 1.79. The van der Waals surface area contributed by atoms with Crippen molar-refractivity contribution < 1.29 is 13.2 Å². The van der Waals surface area contributed by atoms with Gasteiger partial charge in [0, 0.05) is 11.1 Å². The summed E-state index contributed by atoms with van der Waals surface area (Å²) >= 11 is 17.1. The molecule has 0 aliphatic carbocycles. The molecule has 0 saturated carbocycles. The van der Waals surface area contributed by atoms with Crippen LogP contribution in [-0.2, 0) is 14.6 Å². The Labute approximate surface area is 138 Å². The van der Waals surface area contributed by atoms with Gasteiger partial charge in [-0.1, -0.05) is 53.0 Å². The molecule has 1 unspecified atom stereocenters. The minimum atomic E-state index is -3.34. The second-order valence-electron chi connectivity index (χ2n) is 4.68. The number of halogens is 3. The van der Waals surface area contributed by atoms with E-state index in [-0.39, 0.29) is 5.75 Å². The van der Waals surface area contributed by atoms with Crippen LogP contribution in [0.5, 0.6) is 0 Å². The minimum Gasteiger partial charge on any atom is -0.300 e. The van der Waals surface area contributed by atoms with Gasteiger partial charge in [0.05, 0.1) is 11.8 Å². The standard InChI is InChI=1S/C13H12Cl3NO3S/c1-9-4-2-3-5-11(9)17(12(18)13(14,15)16)10-6-7-21(19,20)8-10/h2-7,10H,8H2,1H3. The van der Waals surface area contributed by atoms with Crippen molar-refractivity contribution in [2.75, 3.05) is 10.7 Å². The third-order valence-corrected chi connectivity index (χ3v) is 4.94. The van der Waals surface area contributed by atoms with Crippen LogP contribution in [0.1, 0.15) is 5.56 Å². The van der Waals surface area contributed by atoms with Gasteiger partial charge >= 0.3 is 0 Å².